The van der Waals surface area contributed by atoms with Crippen LogP contribution in [-0.4, -0.2) is 77.0 Å². The van der Waals surface area contributed by atoms with E-state index in [-0.39, 0.29) is 17.4 Å². The average Bonchev–Trinajstić information content (AvgIpc) is 3.83. The number of tetrazole rings is 1. The lowest BCUT2D eigenvalue weighted by atomic mass is 10.0. The molecule has 14 heteroatoms. The van der Waals surface area contributed by atoms with E-state index in [9.17, 15) is 13.6 Å². The van der Waals surface area contributed by atoms with Gasteiger partial charge in [0.2, 0.25) is 11.8 Å². The standard InChI is InChI=1S/C29H23F2N9O3/c30-29(31)40-36-25(35-37-40)24(18-4-2-1-3-5-18)38-11-13-39(14-12-38)28(41)22-17-20(8-9-32-22)27-34-21-16-19(6-7-23(21)43-27)26-33-10-15-42-26/h1-10,15-17,24,29H,11-14H2/t24-/m1/s1. The van der Waals surface area contributed by atoms with Crippen molar-refractivity contribution in [2.24, 2.45) is 0 Å². The third-order valence-electron chi connectivity index (χ3n) is 7.24. The van der Waals surface area contributed by atoms with Crippen LogP contribution in [0.1, 0.15) is 34.5 Å². The Balaban J connectivity index is 1.08. The summed E-state index contributed by atoms with van der Waals surface area (Å²) in [6.45, 7) is -1.17. The number of aromatic nitrogens is 7. The number of carbonyl (C=O) groups excluding carboxylic acids is 1. The van der Waals surface area contributed by atoms with E-state index in [4.69, 9.17) is 8.83 Å². The van der Waals surface area contributed by atoms with E-state index in [1.165, 1.54) is 6.26 Å². The summed E-state index contributed by atoms with van der Waals surface area (Å²) >= 11 is 0. The minimum absolute atomic E-state index is 0.173. The molecule has 4 aromatic heterocycles. The summed E-state index contributed by atoms with van der Waals surface area (Å²) in [4.78, 5) is 30.6. The first-order valence-corrected chi connectivity index (χ1v) is 13.5. The lowest BCUT2D eigenvalue weighted by Gasteiger charge is -2.38. The highest BCUT2D eigenvalue weighted by Gasteiger charge is 2.32. The predicted molar refractivity (Wildman–Crippen MR) is 148 cm³/mol. The van der Waals surface area contributed by atoms with Gasteiger partial charge in [0.05, 0.1) is 12.2 Å². The molecule has 1 saturated heterocycles. The molecular weight excluding hydrogens is 560 g/mol. The van der Waals surface area contributed by atoms with Gasteiger partial charge in [0.25, 0.3) is 5.91 Å². The Morgan fingerprint density at radius 2 is 1.70 bits per heavy atom. The number of fused-ring (bicyclic) bond motifs is 1. The first-order chi connectivity index (χ1) is 21.0. The van der Waals surface area contributed by atoms with Gasteiger partial charge in [-0.05, 0) is 41.1 Å². The minimum Gasteiger partial charge on any atom is -0.445 e. The van der Waals surface area contributed by atoms with Crippen molar-refractivity contribution in [3.8, 4) is 22.9 Å². The highest BCUT2D eigenvalue weighted by Crippen LogP contribution is 2.30. The van der Waals surface area contributed by atoms with Crippen LogP contribution < -0.4 is 0 Å². The first-order valence-electron chi connectivity index (χ1n) is 13.5. The number of benzene rings is 2. The SMILES string of the molecule is O=C(c1cc(-c2nc3cc(-c4ncco4)ccc3o2)ccn1)N1CCN([C@H](c2ccccc2)c2nnn(C(F)F)n2)CC1. The largest absolute Gasteiger partial charge is 0.445 e. The Morgan fingerprint density at radius 3 is 2.44 bits per heavy atom. The third kappa shape index (κ3) is 5.23. The molecule has 12 nitrogen and oxygen atoms in total. The van der Waals surface area contributed by atoms with E-state index >= 15 is 0 Å². The van der Waals surface area contributed by atoms with E-state index < -0.39 is 12.6 Å². The number of alkyl halides is 2. The molecule has 216 valence electrons. The summed E-state index contributed by atoms with van der Waals surface area (Å²) in [6.07, 6.45) is 4.63. The topological polar surface area (TPSA) is 132 Å². The van der Waals surface area contributed by atoms with Crippen LogP contribution in [0, 0.1) is 0 Å². The fourth-order valence-electron chi connectivity index (χ4n) is 5.16. The van der Waals surface area contributed by atoms with Crippen molar-refractivity contribution in [1.29, 1.82) is 0 Å². The fraction of sp³-hybridized carbons (Fsp3) is 0.207. The monoisotopic (exact) mass is 583 g/mol. The second-order valence-corrected chi connectivity index (χ2v) is 9.86. The summed E-state index contributed by atoms with van der Waals surface area (Å²) in [5.74, 6) is 0.776. The van der Waals surface area contributed by atoms with Gasteiger partial charge in [-0.25, -0.2) is 9.97 Å². The van der Waals surface area contributed by atoms with E-state index in [2.05, 4.69) is 35.3 Å². The smallest absolute Gasteiger partial charge is 0.350 e. The molecule has 1 aliphatic heterocycles. The third-order valence-corrected chi connectivity index (χ3v) is 7.24. The van der Waals surface area contributed by atoms with Gasteiger partial charge in [0.1, 0.15) is 17.5 Å². The fourth-order valence-corrected chi connectivity index (χ4v) is 5.16. The maximum Gasteiger partial charge on any atom is 0.350 e. The second kappa shape index (κ2) is 11.1. The van der Waals surface area contributed by atoms with E-state index in [0.29, 0.717) is 59.4 Å². The van der Waals surface area contributed by atoms with Crippen LogP contribution in [0.25, 0.3) is 34.0 Å². The van der Waals surface area contributed by atoms with Crippen LogP contribution in [0.4, 0.5) is 8.78 Å². The summed E-state index contributed by atoms with van der Waals surface area (Å²) in [5.41, 5.74) is 3.70. The van der Waals surface area contributed by atoms with Crippen LogP contribution in [-0.2, 0) is 0 Å². The second-order valence-electron chi connectivity index (χ2n) is 9.86. The molecule has 5 heterocycles. The van der Waals surface area contributed by atoms with Gasteiger partial charge in [0, 0.05) is 43.5 Å². The van der Waals surface area contributed by atoms with Gasteiger partial charge >= 0.3 is 6.55 Å². The van der Waals surface area contributed by atoms with Crippen molar-refractivity contribution in [1.82, 2.24) is 45.0 Å². The maximum atomic E-state index is 13.5. The lowest BCUT2D eigenvalue weighted by molar-refractivity contribution is 0.0385. The van der Waals surface area contributed by atoms with Crippen molar-refractivity contribution >= 4 is 17.0 Å². The normalized spacial score (nSPS) is 14.9. The maximum absolute atomic E-state index is 13.5. The highest BCUT2D eigenvalue weighted by atomic mass is 19.3. The van der Waals surface area contributed by atoms with Gasteiger partial charge in [-0.3, -0.25) is 14.7 Å². The van der Waals surface area contributed by atoms with Crippen molar-refractivity contribution in [3.05, 3.63) is 96.4 Å². The number of halogens is 2. The first kappa shape index (κ1) is 26.5. The molecule has 1 aliphatic rings. The van der Waals surface area contributed by atoms with Crippen molar-refractivity contribution in [2.75, 3.05) is 26.2 Å². The molecule has 0 bridgehead atoms. The number of carbonyl (C=O) groups is 1. The van der Waals surface area contributed by atoms with Crippen molar-refractivity contribution in [2.45, 2.75) is 12.6 Å². The molecule has 0 saturated carbocycles. The molecule has 43 heavy (non-hydrogen) atoms. The molecule has 7 rings (SSSR count). The molecule has 0 aliphatic carbocycles. The molecule has 0 N–H and O–H groups in total. The Kier molecular flexibility index (Phi) is 6.87. The van der Waals surface area contributed by atoms with Gasteiger partial charge in [-0.15, -0.1) is 10.2 Å². The molecule has 1 amide bonds. The number of piperazine rings is 1. The number of hydrogen-bond acceptors (Lipinski definition) is 10. The Morgan fingerprint density at radius 1 is 0.884 bits per heavy atom. The van der Waals surface area contributed by atoms with Crippen molar-refractivity contribution in [3.63, 3.8) is 0 Å². The zero-order valence-corrected chi connectivity index (χ0v) is 22.5. The van der Waals surface area contributed by atoms with Gasteiger partial charge < -0.3 is 13.7 Å². The van der Waals surface area contributed by atoms with Crippen LogP contribution in [0.3, 0.4) is 0 Å². The molecule has 1 atom stereocenters. The van der Waals surface area contributed by atoms with Gasteiger partial charge in [0.15, 0.2) is 11.4 Å². The summed E-state index contributed by atoms with van der Waals surface area (Å²) < 4.78 is 37.7. The van der Waals surface area contributed by atoms with Crippen LogP contribution in [0.5, 0.6) is 0 Å². The molecular formula is C29H23F2N9O3. The zero-order chi connectivity index (χ0) is 29.3. The Labute approximate surface area is 242 Å². The zero-order valence-electron chi connectivity index (χ0n) is 22.5. The lowest BCUT2D eigenvalue weighted by Crippen LogP contribution is -2.50. The Bertz CT molecular complexity index is 1870. The minimum atomic E-state index is -2.89. The van der Waals surface area contributed by atoms with Crippen molar-refractivity contribution < 1.29 is 22.4 Å². The average molecular weight is 584 g/mol. The van der Waals surface area contributed by atoms with E-state index in [1.807, 2.05) is 42.5 Å². The molecule has 0 unspecified atom stereocenters. The van der Waals surface area contributed by atoms with Crippen LogP contribution >= 0.6 is 0 Å². The van der Waals surface area contributed by atoms with Crippen LogP contribution in [0.15, 0.2) is 88.2 Å². The van der Waals surface area contributed by atoms with Crippen LogP contribution in [0.2, 0.25) is 0 Å². The molecule has 0 radical (unpaired) electrons. The number of rotatable bonds is 7. The number of pyridine rings is 1. The van der Waals surface area contributed by atoms with Gasteiger partial charge in [-0.1, -0.05) is 35.1 Å². The summed E-state index contributed by atoms with van der Waals surface area (Å²) in [6, 6.07) is 17.7. The number of hydrogen-bond donors (Lipinski definition) is 0. The molecule has 0 spiro atoms. The quantitative estimate of drug-likeness (QED) is 0.265. The Hall–Kier alpha value is -5.37. The molecule has 6 aromatic rings. The van der Waals surface area contributed by atoms with Gasteiger partial charge in [-0.2, -0.15) is 8.78 Å². The highest BCUT2D eigenvalue weighted by molar-refractivity contribution is 5.93. The summed E-state index contributed by atoms with van der Waals surface area (Å²) in [7, 11) is 0. The van der Waals surface area contributed by atoms with E-state index in [1.54, 1.807) is 35.5 Å². The number of nitrogens with zero attached hydrogens (tertiary/aromatic N) is 9. The molecule has 2 aromatic carbocycles. The van der Waals surface area contributed by atoms with E-state index in [0.717, 1.165) is 11.1 Å². The summed E-state index contributed by atoms with van der Waals surface area (Å²) in [5, 5.41) is 11.3. The number of amides is 1. The molecule has 1 fully saturated rings. The number of oxazole rings is 2. The predicted octanol–water partition coefficient (Wildman–Crippen LogP) is 4.47.